The number of benzene rings is 2. The summed E-state index contributed by atoms with van der Waals surface area (Å²) in [6.07, 6.45) is 9.61. The van der Waals surface area contributed by atoms with Gasteiger partial charge in [-0.2, -0.15) is 5.10 Å². The SMILES string of the molecule is Cn1cc(-c2ccc(-c3ccc(C4=NC5(CC5)C(=O)N4CC4CCN(C(=O)C5CC5)CC4)cc3)cc2)cn1. The highest BCUT2D eigenvalue weighted by Crippen LogP contribution is 2.46. The lowest BCUT2D eigenvalue weighted by Crippen LogP contribution is -2.45. The average Bonchev–Trinajstić information content (AvgIpc) is 3.88. The second-order valence-corrected chi connectivity index (χ2v) is 11.5. The molecule has 7 heteroatoms. The smallest absolute Gasteiger partial charge is 0.256 e. The van der Waals surface area contributed by atoms with E-state index in [2.05, 4.69) is 53.6 Å². The molecule has 0 N–H and O–H groups in total. The van der Waals surface area contributed by atoms with Gasteiger partial charge in [0.25, 0.3) is 5.91 Å². The lowest BCUT2D eigenvalue weighted by Gasteiger charge is -2.34. The molecule has 0 bridgehead atoms. The van der Waals surface area contributed by atoms with Crippen molar-refractivity contribution in [3.8, 4) is 22.3 Å². The number of amides is 2. The maximum Gasteiger partial charge on any atom is 0.256 e. The van der Waals surface area contributed by atoms with Gasteiger partial charge in [-0.25, -0.2) is 0 Å². The first-order chi connectivity index (χ1) is 18.5. The molecule has 2 aliphatic carbocycles. The van der Waals surface area contributed by atoms with Crippen molar-refractivity contribution in [3.63, 3.8) is 0 Å². The molecule has 1 aromatic heterocycles. The topological polar surface area (TPSA) is 70.8 Å². The van der Waals surface area contributed by atoms with Gasteiger partial charge in [0.1, 0.15) is 11.4 Å². The third kappa shape index (κ3) is 4.24. The fourth-order valence-corrected chi connectivity index (χ4v) is 5.91. The van der Waals surface area contributed by atoms with Crippen LogP contribution in [0.1, 0.15) is 44.1 Å². The van der Waals surface area contributed by atoms with Gasteiger partial charge >= 0.3 is 0 Å². The summed E-state index contributed by atoms with van der Waals surface area (Å²) >= 11 is 0. The molecule has 3 aromatic rings. The molecule has 7 rings (SSSR count). The minimum Gasteiger partial charge on any atom is -0.342 e. The quantitative estimate of drug-likeness (QED) is 0.492. The Morgan fingerprint density at radius 2 is 1.45 bits per heavy atom. The van der Waals surface area contributed by atoms with Crippen molar-refractivity contribution in [2.24, 2.45) is 23.9 Å². The van der Waals surface area contributed by atoms with Crippen LogP contribution >= 0.6 is 0 Å². The molecule has 1 saturated heterocycles. The molecule has 3 fully saturated rings. The van der Waals surface area contributed by atoms with Gasteiger partial charge < -0.3 is 4.90 Å². The number of amidine groups is 1. The molecule has 194 valence electrons. The monoisotopic (exact) mass is 507 g/mol. The second-order valence-electron chi connectivity index (χ2n) is 11.5. The van der Waals surface area contributed by atoms with Crippen LogP contribution in [0.25, 0.3) is 22.3 Å². The van der Waals surface area contributed by atoms with Gasteiger partial charge in [-0.3, -0.25) is 24.2 Å². The van der Waals surface area contributed by atoms with Crippen molar-refractivity contribution in [3.05, 3.63) is 66.5 Å². The Morgan fingerprint density at radius 1 is 0.868 bits per heavy atom. The first kappa shape index (κ1) is 23.4. The van der Waals surface area contributed by atoms with Gasteiger partial charge in [0.2, 0.25) is 5.91 Å². The fraction of sp³-hybridized carbons (Fsp3) is 0.419. The minimum absolute atomic E-state index is 0.166. The lowest BCUT2D eigenvalue weighted by molar-refractivity contribution is -0.134. The van der Waals surface area contributed by atoms with E-state index in [0.29, 0.717) is 18.4 Å². The van der Waals surface area contributed by atoms with Crippen LogP contribution < -0.4 is 0 Å². The summed E-state index contributed by atoms with van der Waals surface area (Å²) in [5.74, 6) is 2.01. The zero-order chi connectivity index (χ0) is 25.9. The fourth-order valence-electron chi connectivity index (χ4n) is 5.91. The van der Waals surface area contributed by atoms with Crippen LogP contribution in [-0.4, -0.2) is 62.4 Å². The Kier molecular flexibility index (Phi) is 5.49. The van der Waals surface area contributed by atoms with Crippen LogP contribution in [0.2, 0.25) is 0 Å². The summed E-state index contributed by atoms with van der Waals surface area (Å²) in [6.45, 7) is 2.32. The molecule has 2 saturated carbocycles. The molecule has 1 spiro atoms. The number of aromatic nitrogens is 2. The highest BCUT2D eigenvalue weighted by atomic mass is 16.2. The summed E-state index contributed by atoms with van der Waals surface area (Å²) < 4.78 is 1.81. The number of hydrogen-bond acceptors (Lipinski definition) is 4. The van der Waals surface area contributed by atoms with Gasteiger partial charge in [0.05, 0.1) is 6.20 Å². The molecule has 2 amide bonds. The number of aryl methyl sites for hydroxylation is 1. The molecular formula is C31H33N5O2. The first-order valence-corrected chi connectivity index (χ1v) is 13.9. The maximum absolute atomic E-state index is 13.4. The number of aliphatic imine (C=N–C) groups is 1. The third-order valence-corrected chi connectivity index (χ3v) is 8.64. The van der Waals surface area contributed by atoms with E-state index in [0.717, 1.165) is 85.3 Å². The Morgan fingerprint density at radius 3 is 1.97 bits per heavy atom. The summed E-state index contributed by atoms with van der Waals surface area (Å²) in [7, 11) is 1.93. The van der Waals surface area contributed by atoms with Crippen LogP contribution in [0, 0.1) is 11.8 Å². The normalized spacial score (nSPS) is 20.8. The van der Waals surface area contributed by atoms with Crippen molar-refractivity contribution in [2.45, 2.75) is 44.1 Å². The van der Waals surface area contributed by atoms with Crippen LogP contribution in [-0.2, 0) is 16.6 Å². The molecule has 38 heavy (non-hydrogen) atoms. The molecule has 3 heterocycles. The van der Waals surface area contributed by atoms with Crippen LogP contribution in [0.5, 0.6) is 0 Å². The van der Waals surface area contributed by atoms with E-state index in [1.54, 1.807) is 0 Å². The van der Waals surface area contributed by atoms with E-state index in [9.17, 15) is 9.59 Å². The summed E-state index contributed by atoms with van der Waals surface area (Å²) in [5, 5.41) is 4.26. The van der Waals surface area contributed by atoms with E-state index in [4.69, 9.17) is 4.99 Å². The van der Waals surface area contributed by atoms with E-state index in [1.165, 1.54) is 0 Å². The number of likely N-dealkylation sites (tertiary alicyclic amines) is 1. The van der Waals surface area contributed by atoms with E-state index in [1.807, 2.05) is 33.9 Å². The zero-order valence-corrected chi connectivity index (χ0v) is 21.8. The van der Waals surface area contributed by atoms with Crippen molar-refractivity contribution >= 4 is 17.6 Å². The van der Waals surface area contributed by atoms with Gasteiger partial charge in [-0.1, -0.05) is 48.5 Å². The van der Waals surface area contributed by atoms with Gasteiger partial charge in [-0.15, -0.1) is 0 Å². The Balaban J connectivity index is 1.06. The van der Waals surface area contributed by atoms with Crippen molar-refractivity contribution in [2.75, 3.05) is 19.6 Å². The van der Waals surface area contributed by atoms with Crippen LogP contribution in [0.15, 0.2) is 65.9 Å². The number of carbonyl (C=O) groups excluding carboxylic acids is 2. The number of carbonyl (C=O) groups is 2. The van der Waals surface area contributed by atoms with Gasteiger partial charge in [0.15, 0.2) is 0 Å². The average molecular weight is 508 g/mol. The van der Waals surface area contributed by atoms with Crippen molar-refractivity contribution in [1.82, 2.24) is 19.6 Å². The van der Waals surface area contributed by atoms with Gasteiger partial charge in [0, 0.05) is 49.9 Å². The first-order valence-electron chi connectivity index (χ1n) is 13.9. The van der Waals surface area contributed by atoms with E-state index in [-0.39, 0.29) is 11.8 Å². The predicted molar refractivity (Wildman–Crippen MR) is 146 cm³/mol. The third-order valence-electron chi connectivity index (χ3n) is 8.64. The number of piperidine rings is 1. The van der Waals surface area contributed by atoms with Gasteiger partial charge in [-0.05, 0) is 61.1 Å². The molecule has 0 unspecified atom stereocenters. The Bertz CT molecular complexity index is 1410. The Hall–Kier alpha value is -3.74. The highest BCUT2D eigenvalue weighted by molar-refractivity contribution is 6.16. The van der Waals surface area contributed by atoms with E-state index < -0.39 is 5.54 Å². The molecular weight excluding hydrogens is 474 g/mol. The number of hydrogen-bond donors (Lipinski definition) is 0. The largest absolute Gasteiger partial charge is 0.342 e. The molecule has 2 aliphatic heterocycles. The summed E-state index contributed by atoms with van der Waals surface area (Å²) in [6, 6.07) is 17.0. The molecule has 7 nitrogen and oxygen atoms in total. The van der Waals surface area contributed by atoms with Crippen LogP contribution in [0.3, 0.4) is 0 Å². The molecule has 2 aromatic carbocycles. The van der Waals surface area contributed by atoms with E-state index >= 15 is 0 Å². The second kappa shape index (κ2) is 8.93. The predicted octanol–water partition coefficient (Wildman–Crippen LogP) is 4.52. The standard InChI is InChI=1S/C31H33N5O2/c1-34-20-27(18-32-34)24-4-2-22(3-5-24)23-6-8-25(9-7-23)28-33-31(14-15-31)30(38)36(28)19-21-12-16-35(17-13-21)29(37)26-10-11-26/h2-9,18,20-21,26H,10-17,19H2,1H3. The van der Waals surface area contributed by atoms with Crippen LogP contribution in [0.4, 0.5) is 0 Å². The number of rotatable bonds is 6. The summed E-state index contributed by atoms with van der Waals surface area (Å²) in [5.41, 5.74) is 5.02. The zero-order valence-electron chi connectivity index (χ0n) is 21.8. The maximum atomic E-state index is 13.4. The summed E-state index contributed by atoms with van der Waals surface area (Å²) in [4.78, 5) is 34.8. The molecule has 0 atom stereocenters. The Labute approximate surface area is 223 Å². The number of nitrogens with zero attached hydrogens (tertiary/aromatic N) is 5. The highest BCUT2D eigenvalue weighted by Gasteiger charge is 2.57. The minimum atomic E-state index is -0.515. The molecule has 4 aliphatic rings. The van der Waals surface area contributed by atoms with Crippen molar-refractivity contribution in [1.29, 1.82) is 0 Å². The lowest BCUT2D eigenvalue weighted by atomic mass is 9.95. The molecule has 0 radical (unpaired) electrons. The van der Waals surface area contributed by atoms with Crippen molar-refractivity contribution < 1.29 is 9.59 Å².